The Kier molecular flexibility index (Phi) is 3.48. The molecule has 0 saturated carbocycles. The summed E-state index contributed by atoms with van der Waals surface area (Å²) in [6, 6.07) is 7.87. The summed E-state index contributed by atoms with van der Waals surface area (Å²) in [6.07, 6.45) is 1.23. The number of hydrogen-bond donors (Lipinski definition) is 2. The second-order valence-electron chi connectivity index (χ2n) is 4.70. The molecule has 1 amide bonds. The minimum Gasteiger partial charge on any atom is -0.357 e. The average Bonchev–Trinajstić information content (AvgIpc) is 2.79. The van der Waals surface area contributed by atoms with Crippen molar-refractivity contribution in [3.05, 3.63) is 35.4 Å². The van der Waals surface area contributed by atoms with Gasteiger partial charge in [0.05, 0.1) is 0 Å². The highest BCUT2D eigenvalue weighted by atomic mass is 16.2. The van der Waals surface area contributed by atoms with E-state index in [1.165, 1.54) is 0 Å². The van der Waals surface area contributed by atoms with Gasteiger partial charge in [0.25, 0.3) is 0 Å². The Morgan fingerprint density at radius 1 is 1.56 bits per heavy atom. The predicted molar refractivity (Wildman–Crippen MR) is 68.9 cm³/mol. The summed E-state index contributed by atoms with van der Waals surface area (Å²) in [4.78, 5) is 23.1. The second kappa shape index (κ2) is 4.90. The molecule has 0 fully saturated rings. The van der Waals surface area contributed by atoms with Crippen molar-refractivity contribution in [2.45, 2.75) is 25.4 Å². The van der Waals surface area contributed by atoms with Crippen molar-refractivity contribution >= 4 is 12.2 Å². The highest BCUT2D eigenvalue weighted by Crippen LogP contribution is 2.38. The highest BCUT2D eigenvalue weighted by molar-refractivity contribution is 5.89. The minimum absolute atomic E-state index is 0.0817. The summed E-state index contributed by atoms with van der Waals surface area (Å²) < 4.78 is 0. The lowest BCUT2D eigenvalue weighted by molar-refractivity contribution is -0.129. The molecule has 4 heteroatoms. The van der Waals surface area contributed by atoms with Gasteiger partial charge in [0.15, 0.2) is 0 Å². The van der Waals surface area contributed by atoms with Gasteiger partial charge in [-0.2, -0.15) is 0 Å². The zero-order valence-electron chi connectivity index (χ0n) is 10.7. The van der Waals surface area contributed by atoms with Gasteiger partial charge in [-0.1, -0.05) is 31.2 Å². The third-order valence-corrected chi connectivity index (χ3v) is 3.77. The quantitative estimate of drug-likeness (QED) is 0.778. The third-order valence-electron chi connectivity index (χ3n) is 3.77. The maximum Gasteiger partial charge on any atom is 0.244 e. The van der Waals surface area contributed by atoms with Gasteiger partial charge >= 0.3 is 0 Å². The van der Waals surface area contributed by atoms with Crippen molar-refractivity contribution in [3.8, 4) is 0 Å². The van der Waals surface area contributed by atoms with Gasteiger partial charge < -0.3 is 10.1 Å². The molecule has 1 aliphatic rings. The molecule has 0 saturated heterocycles. The van der Waals surface area contributed by atoms with Crippen molar-refractivity contribution < 1.29 is 9.59 Å². The van der Waals surface area contributed by atoms with Crippen molar-refractivity contribution in [2.24, 2.45) is 5.92 Å². The molecule has 0 bridgehead atoms. The third kappa shape index (κ3) is 1.73. The Balaban J connectivity index is 2.51. The Morgan fingerprint density at radius 2 is 2.28 bits per heavy atom. The van der Waals surface area contributed by atoms with Gasteiger partial charge in [-0.25, -0.2) is 0 Å². The lowest BCUT2D eigenvalue weighted by atomic mass is 9.77. The van der Waals surface area contributed by atoms with Crippen LogP contribution in [0.2, 0.25) is 0 Å². The number of benzene rings is 1. The molecule has 1 aliphatic heterocycles. The molecule has 2 N–H and O–H groups in total. The standard InChI is InChI=1S/C14H18N2O2/c1-10(7-8-17)14(13(18)15-2)12-6-4-3-5-11(12)9-16-14/h3-6,8,10,16H,7,9H2,1-2H3,(H,15,18). The van der Waals surface area contributed by atoms with Gasteiger partial charge in [-0.15, -0.1) is 0 Å². The first-order valence-electron chi connectivity index (χ1n) is 6.16. The molecule has 0 aromatic heterocycles. The largest absolute Gasteiger partial charge is 0.357 e. The zero-order chi connectivity index (χ0) is 13.2. The molecule has 0 radical (unpaired) electrons. The predicted octanol–water partition coefficient (Wildman–Crippen LogP) is 0.956. The molecule has 4 nitrogen and oxygen atoms in total. The average molecular weight is 246 g/mol. The van der Waals surface area contributed by atoms with E-state index in [0.717, 1.165) is 17.4 Å². The lowest BCUT2D eigenvalue weighted by Gasteiger charge is -2.34. The molecule has 1 heterocycles. The monoisotopic (exact) mass is 246 g/mol. The number of likely N-dealkylation sites (N-methyl/N-ethyl adjacent to an activating group) is 1. The summed E-state index contributed by atoms with van der Waals surface area (Å²) >= 11 is 0. The van der Waals surface area contributed by atoms with Crippen LogP contribution >= 0.6 is 0 Å². The fourth-order valence-corrected chi connectivity index (χ4v) is 2.77. The van der Waals surface area contributed by atoms with Crippen LogP contribution in [0.1, 0.15) is 24.5 Å². The van der Waals surface area contributed by atoms with Crippen LogP contribution in [0.25, 0.3) is 0 Å². The van der Waals surface area contributed by atoms with Crippen LogP contribution in [0.15, 0.2) is 24.3 Å². The van der Waals surface area contributed by atoms with E-state index in [9.17, 15) is 9.59 Å². The molecule has 18 heavy (non-hydrogen) atoms. The van der Waals surface area contributed by atoms with E-state index in [-0.39, 0.29) is 11.8 Å². The maximum atomic E-state index is 12.3. The summed E-state index contributed by atoms with van der Waals surface area (Å²) in [5.74, 6) is -0.166. The molecular weight excluding hydrogens is 228 g/mol. The van der Waals surface area contributed by atoms with Crippen LogP contribution in [0.4, 0.5) is 0 Å². The second-order valence-corrected chi connectivity index (χ2v) is 4.70. The number of hydrogen-bond acceptors (Lipinski definition) is 3. The minimum atomic E-state index is -0.785. The Labute approximate surface area is 107 Å². The SMILES string of the molecule is CNC(=O)C1(C(C)CC=O)NCc2ccccc21. The smallest absolute Gasteiger partial charge is 0.244 e. The number of aldehydes is 1. The van der Waals surface area contributed by atoms with Crippen LogP contribution in [-0.4, -0.2) is 19.2 Å². The van der Waals surface area contributed by atoms with E-state index in [4.69, 9.17) is 0 Å². The summed E-state index contributed by atoms with van der Waals surface area (Å²) in [5, 5.41) is 6.01. The molecule has 1 aromatic rings. The lowest BCUT2D eigenvalue weighted by Crippen LogP contribution is -2.54. The fourth-order valence-electron chi connectivity index (χ4n) is 2.77. The van der Waals surface area contributed by atoms with Crippen LogP contribution in [-0.2, 0) is 21.7 Å². The first-order chi connectivity index (χ1) is 8.66. The molecule has 0 spiro atoms. The zero-order valence-corrected chi connectivity index (χ0v) is 10.7. The van der Waals surface area contributed by atoms with Gasteiger partial charge in [0.2, 0.25) is 5.91 Å². The molecule has 2 unspecified atom stereocenters. The number of rotatable bonds is 4. The number of nitrogens with one attached hydrogen (secondary N) is 2. The van der Waals surface area contributed by atoms with Crippen molar-refractivity contribution in [1.29, 1.82) is 0 Å². The van der Waals surface area contributed by atoms with Gasteiger partial charge in [0, 0.05) is 20.0 Å². The van der Waals surface area contributed by atoms with E-state index in [2.05, 4.69) is 10.6 Å². The summed E-state index contributed by atoms with van der Waals surface area (Å²) in [6.45, 7) is 2.59. The molecule has 2 rings (SSSR count). The van der Waals surface area contributed by atoms with E-state index < -0.39 is 5.54 Å². The Bertz CT molecular complexity index is 473. The summed E-state index contributed by atoms with van der Waals surface area (Å²) in [5.41, 5.74) is 1.32. The Hall–Kier alpha value is -1.68. The van der Waals surface area contributed by atoms with E-state index in [1.807, 2.05) is 31.2 Å². The van der Waals surface area contributed by atoms with Crippen molar-refractivity contribution in [1.82, 2.24) is 10.6 Å². The molecule has 0 aliphatic carbocycles. The summed E-state index contributed by atoms with van der Waals surface area (Å²) in [7, 11) is 1.63. The van der Waals surface area contributed by atoms with Gasteiger partial charge in [-0.3, -0.25) is 10.1 Å². The molecular formula is C14H18N2O2. The van der Waals surface area contributed by atoms with Crippen LogP contribution < -0.4 is 10.6 Å². The number of carbonyl (C=O) groups is 2. The topological polar surface area (TPSA) is 58.2 Å². The van der Waals surface area contributed by atoms with E-state index in [1.54, 1.807) is 7.05 Å². The van der Waals surface area contributed by atoms with Crippen LogP contribution in [0.3, 0.4) is 0 Å². The number of carbonyl (C=O) groups excluding carboxylic acids is 2. The Morgan fingerprint density at radius 3 is 2.94 bits per heavy atom. The van der Waals surface area contributed by atoms with E-state index in [0.29, 0.717) is 13.0 Å². The fraction of sp³-hybridized carbons (Fsp3) is 0.429. The molecule has 96 valence electrons. The molecule has 2 atom stereocenters. The number of fused-ring (bicyclic) bond motifs is 1. The van der Waals surface area contributed by atoms with Crippen LogP contribution in [0.5, 0.6) is 0 Å². The number of amides is 1. The van der Waals surface area contributed by atoms with Crippen molar-refractivity contribution in [2.75, 3.05) is 7.05 Å². The normalized spacial score (nSPS) is 23.2. The van der Waals surface area contributed by atoms with Gasteiger partial charge in [0.1, 0.15) is 11.8 Å². The maximum absolute atomic E-state index is 12.3. The highest BCUT2D eigenvalue weighted by Gasteiger charge is 2.48. The van der Waals surface area contributed by atoms with E-state index >= 15 is 0 Å². The van der Waals surface area contributed by atoms with Crippen molar-refractivity contribution in [3.63, 3.8) is 0 Å². The van der Waals surface area contributed by atoms with Gasteiger partial charge in [-0.05, 0) is 17.0 Å². The molecule has 1 aromatic carbocycles. The van der Waals surface area contributed by atoms with Crippen LogP contribution in [0, 0.1) is 5.92 Å². The first kappa shape index (κ1) is 12.8. The first-order valence-corrected chi connectivity index (χ1v) is 6.16.